The number of rotatable bonds is 5. The van der Waals surface area contributed by atoms with Gasteiger partial charge in [-0.25, -0.2) is 4.98 Å². The zero-order chi connectivity index (χ0) is 19.1. The highest BCUT2D eigenvalue weighted by Crippen LogP contribution is 2.34. The summed E-state index contributed by atoms with van der Waals surface area (Å²) >= 11 is 0. The second-order valence-electron chi connectivity index (χ2n) is 8.58. The molecule has 1 unspecified atom stereocenters. The van der Waals surface area contributed by atoms with Crippen LogP contribution in [-0.2, 0) is 4.79 Å². The van der Waals surface area contributed by atoms with E-state index in [0.717, 1.165) is 5.56 Å². The number of hydrogen-bond donors (Lipinski definition) is 2. The highest BCUT2D eigenvalue weighted by atomic mass is 16.2. The van der Waals surface area contributed by atoms with Crippen LogP contribution in [0, 0.1) is 18.3 Å². The molecule has 1 fully saturated rings. The Balaban J connectivity index is 2.04. The van der Waals surface area contributed by atoms with E-state index >= 15 is 0 Å². The number of nitrogens with one attached hydrogen (secondary N) is 2. The van der Waals surface area contributed by atoms with Crippen molar-refractivity contribution in [3.63, 3.8) is 0 Å². The van der Waals surface area contributed by atoms with E-state index in [1.807, 2.05) is 39.8 Å². The van der Waals surface area contributed by atoms with E-state index in [2.05, 4.69) is 22.5 Å². The molecule has 2 aromatic heterocycles. The van der Waals surface area contributed by atoms with Crippen molar-refractivity contribution in [2.24, 2.45) is 11.3 Å². The van der Waals surface area contributed by atoms with E-state index < -0.39 is 0 Å². The van der Waals surface area contributed by atoms with Crippen LogP contribution in [0.25, 0.3) is 5.65 Å². The SMILES string of the molecule is Cc1cccn2c(=O)c(NC(=O)CC(C)(C)C)c(NC(C)C3CC3)nc12. The second-order valence-corrected chi connectivity index (χ2v) is 8.58. The van der Waals surface area contributed by atoms with E-state index in [1.54, 1.807) is 6.20 Å². The molecule has 0 aliphatic heterocycles. The van der Waals surface area contributed by atoms with Crippen LogP contribution in [0.5, 0.6) is 0 Å². The largest absolute Gasteiger partial charge is 0.365 e. The van der Waals surface area contributed by atoms with Crippen molar-refractivity contribution in [3.8, 4) is 0 Å². The minimum atomic E-state index is -0.258. The van der Waals surface area contributed by atoms with Crippen LogP contribution in [0.4, 0.5) is 11.5 Å². The van der Waals surface area contributed by atoms with Crippen molar-refractivity contribution < 1.29 is 4.79 Å². The zero-order valence-electron chi connectivity index (χ0n) is 16.2. The number of amides is 1. The fourth-order valence-electron chi connectivity index (χ4n) is 3.11. The van der Waals surface area contributed by atoms with Crippen LogP contribution in [0.2, 0.25) is 0 Å². The molecule has 1 aliphatic carbocycles. The number of aryl methyl sites for hydroxylation is 1. The van der Waals surface area contributed by atoms with Crippen LogP contribution in [0.15, 0.2) is 23.1 Å². The number of carbonyl (C=O) groups excluding carboxylic acids is 1. The molecular weight excluding hydrogens is 328 g/mol. The lowest BCUT2D eigenvalue weighted by Crippen LogP contribution is -2.29. The number of pyridine rings is 1. The molecule has 0 aromatic carbocycles. The number of anilines is 2. The third-order valence-corrected chi connectivity index (χ3v) is 4.70. The van der Waals surface area contributed by atoms with Gasteiger partial charge in [-0.05, 0) is 49.7 Å². The summed E-state index contributed by atoms with van der Waals surface area (Å²) in [5.41, 5.74) is 1.34. The van der Waals surface area contributed by atoms with Gasteiger partial charge in [0.1, 0.15) is 5.65 Å². The first kappa shape index (κ1) is 18.4. The van der Waals surface area contributed by atoms with Gasteiger partial charge in [-0.2, -0.15) is 0 Å². The first-order chi connectivity index (χ1) is 12.2. The average molecular weight is 356 g/mol. The number of nitrogens with zero attached hydrogens (tertiary/aromatic N) is 2. The maximum atomic E-state index is 13.0. The predicted octanol–water partition coefficient (Wildman–Crippen LogP) is 3.59. The Bertz CT molecular complexity index is 891. The van der Waals surface area contributed by atoms with Gasteiger partial charge in [0.05, 0.1) is 0 Å². The van der Waals surface area contributed by atoms with Gasteiger partial charge >= 0.3 is 0 Å². The van der Waals surface area contributed by atoms with Gasteiger partial charge in [0, 0.05) is 18.7 Å². The maximum Gasteiger partial charge on any atom is 0.283 e. The first-order valence-electron chi connectivity index (χ1n) is 9.24. The topological polar surface area (TPSA) is 75.5 Å². The Kier molecular flexibility index (Phi) is 4.78. The summed E-state index contributed by atoms with van der Waals surface area (Å²) < 4.78 is 1.50. The van der Waals surface area contributed by atoms with Crippen molar-refractivity contribution in [2.45, 2.75) is 59.9 Å². The number of carbonyl (C=O) groups is 1. The van der Waals surface area contributed by atoms with Crippen LogP contribution in [-0.4, -0.2) is 21.3 Å². The van der Waals surface area contributed by atoms with E-state index in [4.69, 9.17) is 0 Å². The molecule has 3 rings (SSSR count). The smallest absolute Gasteiger partial charge is 0.283 e. The Hall–Kier alpha value is -2.37. The third-order valence-electron chi connectivity index (χ3n) is 4.70. The monoisotopic (exact) mass is 356 g/mol. The Labute approximate surface area is 154 Å². The molecular formula is C20H28N4O2. The summed E-state index contributed by atoms with van der Waals surface area (Å²) in [7, 11) is 0. The quantitative estimate of drug-likeness (QED) is 0.858. The van der Waals surface area contributed by atoms with E-state index in [-0.39, 0.29) is 28.6 Å². The molecule has 2 aromatic rings. The van der Waals surface area contributed by atoms with Gasteiger partial charge in [-0.3, -0.25) is 14.0 Å². The normalized spacial score (nSPS) is 15.7. The molecule has 140 valence electrons. The fourth-order valence-corrected chi connectivity index (χ4v) is 3.11. The molecule has 0 spiro atoms. The van der Waals surface area contributed by atoms with Crippen molar-refractivity contribution in [1.82, 2.24) is 9.38 Å². The Morgan fingerprint density at radius 1 is 1.38 bits per heavy atom. The van der Waals surface area contributed by atoms with Gasteiger partial charge in [-0.15, -0.1) is 0 Å². The summed E-state index contributed by atoms with van der Waals surface area (Å²) in [6.45, 7) is 10.0. The van der Waals surface area contributed by atoms with Crippen LogP contribution in [0.1, 0.15) is 52.5 Å². The second kappa shape index (κ2) is 6.74. The molecule has 2 N–H and O–H groups in total. The first-order valence-corrected chi connectivity index (χ1v) is 9.24. The molecule has 26 heavy (non-hydrogen) atoms. The molecule has 6 nitrogen and oxygen atoms in total. The molecule has 6 heteroatoms. The maximum absolute atomic E-state index is 13.0. The summed E-state index contributed by atoms with van der Waals surface area (Å²) in [5, 5.41) is 6.18. The van der Waals surface area contributed by atoms with Crippen molar-refractivity contribution in [2.75, 3.05) is 10.6 Å². The van der Waals surface area contributed by atoms with Crippen LogP contribution < -0.4 is 16.2 Å². The molecule has 0 radical (unpaired) electrons. The highest BCUT2D eigenvalue weighted by Gasteiger charge is 2.29. The Morgan fingerprint density at radius 3 is 2.69 bits per heavy atom. The van der Waals surface area contributed by atoms with E-state index in [1.165, 1.54) is 17.2 Å². The van der Waals surface area contributed by atoms with Crippen molar-refractivity contribution >= 4 is 23.1 Å². The van der Waals surface area contributed by atoms with Gasteiger partial charge in [0.15, 0.2) is 11.5 Å². The lowest BCUT2D eigenvalue weighted by molar-refractivity contribution is -0.117. The Morgan fingerprint density at radius 2 is 2.08 bits per heavy atom. The standard InChI is InChI=1S/C20H28N4O2/c1-12-7-6-10-24-18(12)23-17(21-13(2)14-8-9-14)16(19(24)26)22-15(25)11-20(3,4)5/h6-7,10,13-14,21H,8-9,11H2,1-5H3,(H,22,25). The van der Waals surface area contributed by atoms with Gasteiger partial charge < -0.3 is 10.6 Å². The van der Waals surface area contributed by atoms with Crippen LogP contribution >= 0.6 is 0 Å². The van der Waals surface area contributed by atoms with Gasteiger partial charge in [-0.1, -0.05) is 26.8 Å². The number of fused-ring (bicyclic) bond motifs is 1. The molecule has 0 bridgehead atoms. The average Bonchev–Trinajstić information content (AvgIpc) is 3.35. The third kappa shape index (κ3) is 4.06. The molecule has 1 atom stereocenters. The molecule has 1 saturated carbocycles. The van der Waals surface area contributed by atoms with E-state index in [9.17, 15) is 9.59 Å². The van der Waals surface area contributed by atoms with Crippen LogP contribution in [0.3, 0.4) is 0 Å². The van der Waals surface area contributed by atoms with Crippen molar-refractivity contribution in [3.05, 3.63) is 34.2 Å². The minimum Gasteiger partial charge on any atom is -0.365 e. The lowest BCUT2D eigenvalue weighted by atomic mass is 9.92. The summed E-state index contributed by atoms with van der Waals surface area (Å²) in [4.78, 5) is 30.2. The lowest BCUT2D eigenvalue weighted by Gasteiger charge is -2.20. The van der Waals surface area contributed by atoms with Gasteiger partial charge in [0.25, 0.3) is 5.56 Å². The summed E-state index contributed by atoms with van der Waals surface area (Å²) in [6.07, 6.45) is 4.39. The van der Waals surface area contributed by atoms with Crippen molar-refractivity contribution in [1.29, 1.82) is 0 Å². The molecule has 0 saturated heterocycles. The van der Waals surface area contributed by atoms with Gasteiger partial charge in [0.2, 0.25) is 5.91 Å². The summed E-state index contributed by atoms with van der Waals surface area (Å²) in [5.74, 6) is 0.891. The molecule has 1 amide bonds. The van der Waals surface area contributed by atoms with E-state index in [0.29, 0.717) is 23.8 Å². The highest BCUT2D eigenvalue weighted by molar-refractivity contribution is 5.94. The minimum absolute atomic E-state index is 0.157. The predicted molar refractivity (Wildman–Crippen MR) is 105 cm³/mol. The molecule has 1 aliphatic rings. The fraction of sp³-hybridized carbons (Fsp3) is 0.550. The zero-order valence-corrected chi connectivity index (χ0v) is 16.2. The number of hydrogen-bond acceptors (Lipinski definition) is 4. The molecule has 2 heterocycles. The summed E-state index contributed by atoms with van der Waals surface area (Å²) in [6, 6.07) is 3.95. The number of aromatic nitrogens is 2.